The molecule has 2 amide bonds. The van der Waals surface area contributed by atoms with Gasteiger partial charge < -0.3 is 5.32 Å². The van der Waals surface area contributed by atoms with Gasteiger partial charge in [-0.2, -0.15) is 13.2 Å². The summed E-state index contributed by atoms with van der Waals surface area (Å²) in [5, 5.41) is 1.77. The molecule has 1 aliphatic rings. The van der Waals surface area contributed by atoms with Crippen molar-refractivity contribution in [2.75, 3.05) is 0 Å². The maximum atomic E-state index is 14.4. The summed E-state index contributed by atoms with van der Waals surface area (Å²) in [5.41, 5.74) is -2.91. The molecule has 0 saturated heterocycles. The second-order valence-electron chi connectivity index (χ2n) is 7.35. The molecule has 0 saturated carbocycles. The monoisotopic (exact) mass is 455 g/mol. The molecule has 168 valence electrons. The summed E-state index contributed by atoms with van der Waals surface area (Å²) in [6.07, 6.45) is -5.24. The maximum absolute atomic E-state index is 14.4. The SMILES string of the molecule is O=C(N[C@]1(C(F)(F)F)N=C(c2ccccc2)N(Cc2ccccc2)C1=O)c1ccc(F)cc1. The van der Waals surface area contributed by atoms with E-state index in [4.69, 9.17) is 0 Å². The minimum absolute atomic E-state index is 0.183. The zero-order chi connectivity index (χ0) is 23.6. The Morgan fingerprint density at radius 1 is 0.909 bits per heavy atom. The highest BCUT2D eigenvalue weighted by Gasteiger charge is 2.67. The first-order valence-corrected chi connectivity index (χ1v) is 9.87. The smallest absolute Gasteiger partial charge is 0.312 e. The van der Waals surface area contributed by atoms with E-state index in [0.29, 0.717) is 5.56 Å². The number of hydrogen-bond acceptors (Lipinski definition) is 3. The van der Waals surface area contributed by atoms with Crippen LogP contribution >= 0.6 is 0 Å². The number of nitrogens with zero attached hydrogens (tertiary/aromatic N) is 2. The van der Waals surface area contributed by atoms with Gasteiger partial charge in [-0.25, -0.2) is 9.38 Å². The number of rotatable bonds is 5. The molecule has 4 rings (SSSR count). The molecule has 0 aliphatic carbocycles. The fourth-order valence-electron chi connectivity index (χ4n) is 3.45. The molecule has 0 aromatic heterocycles. The number of amidine groups is 1. The summed E-state index contributed by atoms with van der Waals surface area (Å²) < 4.78 is 56.3. The Balaban J connectivity index is 1.80. The van der Waals surface area contributed by atoms with E-state index in [1.807, 2.05) is 0 Å². The normalized spacial score (nSPS) is 18.2. The molecular weight excluding hydrogens is 438 g/mol. The Morgan fingerprint density at radius 3 is 2.06 bits per heavy atom. The van der Waals surface area contributed by atoms with E-state index in [1.54, 1.807) is 53.8 Å². The molecule has 1 heterocycles. The summed E-state index contributed by atoms with van der Waals surface area (Å²) in [5.74, 6) is -3.53. The number of benzene rings is 3. The van der Waals surface area contributed by atoms with Crippen molar-refractivity contribution in [3.8, 4) is 0 Å². The van der Waals surface area contributed by atoms with Crippen molar-refractivity contribution in [3.63, 3.8) is 0 Å². The van der Waals surface area contributed by atoms with Gasteiger partial charge in [-0.1, -0.05) is 60.7 Å². The third-order valence-electron chi connectivity index (χ3n) is 5.11. The molecule has 0 unspecified atom stereocenters. The lowest BCUT2D eigenvalue weighted by Crippen LogP contribution is -2.63. The predicted octanol–water partition coefficient (Wildman–Crippen LogP) is 4.30. The Hall–Kier alpha value is -4.01. The first kappa shape index (κ1) is 22.2. The predicted molar refractivity (Wildman–Crippen MR) is 113 cm³/mol. The van der Waals surface area contributed by atoms with Gasteiger partial charge in [0.1, 0.15) is 11.7 Å². The van der Waals surface area contributed by atoms with Crippen LogP contribution in [0.15, 0.2) is 89.9 Å². The largest absolute Gasteiger partial charge is 0.442 e. The summed E-state index contributed by atoms with van der Waals surface area (Å²) in [7, 11) is 0. The molecule has 5 nitrogen and oxygen atoms in total. The van der Waals surface area contributed by atoms with Crippen molar-refractivity contribution in [1.82, 2.24) is 10.2 Å². The van der Waals surface area contributed by atoms with Crippen LogP contribution in [0.3, 0.4) is 0 Å². The van der Waals surface area contributed by atoms with Crippen LogP contribution in [0, 0.1) is 5.82 Å². The fraction of sp³-hybridized carbons (Fsp3) is 0.125. The highest BCUT2D eigenvalue weighted by molar-refractivity contribution is 6.16. The number of alkyl halides is 3. The number of carbonyl (C=O) groups excluding carboxylic acids is 2. The molecular formula is C24H17F4N3O2. The van der Waals surface area contributed by atoms with Crippen molar-refractivity contribution >= 4 is 17.6 Å². The van der Waals surface area contributed by atoms with Crippen LogP contribution in [-0.2, 0) is 11.3 Å². The van der Waals surface area contributed by atoms with Gasteiger partial charge in [-0.15, -0.1) is 0 Å². The average Bonchev–Trinajstić information content (AvgIpc) is 3.08. The van der Waals surface area contributed by atoms with E-state index in [0.717, 1.165) is 29.2 Å². The average molecular weight is 455 g/mol. The summed E-state index contributed by atoms with van der Waals surface area (Å²) in [6.45, 7) is -0.183. The fourth-order valence-corrected chi connectivity index (χ4v) is 3.45. The Labute approximate surface area is 186 Å². The van der Waals surface area contributed by atoms with E-state index in [1.165, 1.54) is 12.1 Å². The van der Waals surface area contributed by atoms with Crippen LogP contribution in [0.5, 0.6) is 0 Å². The minimum atomic E-state index is -5.24. The summed E-state index contributed by atoms with van der Waals surface area (Å²) in [6, 6.07) is 20.3. The molecule has 0 spiro atoms. The molecule has 3 aromatic carbocycles. The van der Waals surface area contributed by atoms with Gasteiger partial charge in [0.25, 0.3) is 11.8 Å². The molecule has 1 aliphatic heterocycles. The molecule has 9 heteroatoms. The number of carbonyl (C=O) groups is 2. The summed E-state index contributed by atoms with van der Waals surface area (Å²) >= 11 is 0. The summed E-state index contributed by atoms with van der Waals surface area (Å²) in [4.78, 5) is 30.6. The number of nitrogens with one attached hydrogen (secondary N) is 1. The van der Waals surface area contributed by atoms with Crippen molar-refractivity contribution in [3.05, 3.63) is 107 Å². The van der Waals surface area contributed by atoms with Crippen molar-refractivity contribution < 1.29 is 27.2 Å². The molecule has 1 atom stereocenters. The van der Waals surface area contributed by atoms with Crippen LogP contribution < -0.4 is 5.32 Å². The molecule has 0 fully saturated rings. The number of amides is 2. The second kappa shape index (κ2) is 8.50. The quantitative estimate of drug-likeness (QED) is 0.583. The molecule has 0 bridgehead atoms. The van der Waals surface area contributed by atoms with Gasteiger partial charge >= 0.3 is 11.8 Å². The zero-order valence-corrected chi connectivity index (χ0v) is 17.0. The lowest BCUT2D eigenvalue weighted by Gasteiger charge is -2.29. The zero-order valence-electron chi connectivity index (χ0n) is 17.0. The van der Waals surface area contributed by atoms with Crippen LogP contribution in [0.1, 0.15) is 21.5 Å². The highest BCUT2D eigenvalue weighted by Crippen LogP contribution is 2.39. The topological polar surface area (TPSA) is 61.8 Å². The number of hydrogen-bond donors (Lipinski definition) is 1. The van der Waals surface area contributed by atoms with E-state index in [-0.39, 0.29) is 23.5 Å². The maximum Gasteiger partial charge on any atom is 0.442 e. The van der Waals surface area contributed by atoms with Crippen molar-refractivity contribution in [2.24, 2.45) is 4.99 Å². The van der Waals surface area contributed by atoms with Gasteiger partial charge in [-0.05, 0) is 29.8 Å². The van der Waals surface area contributed by atoms with Crippen LogP contribution in [0.4, 0.5) is 17.6 Å². The molecule has 33 heavy (non-hydrogen) atoms. The third-order valence-corrected chi connectivity index (χ3v) is 5.11. The Bertz CT molecular complexity index is 1200. The molecule has 3 aromatic rings. The number of aliphatic imine (C=N–C) groups is 1. The third kappa shape index (κ3) is 4.21. The van der Waals surface area contributed by atoms with Crippen LogP contribution in [0.25, 0.3) is 0 Å². The second-order valence-corrected chi connectivity index (χ2v) is 7.35. The first-order valence-electron chi connectivity index (χ1n) is 9.87. The van der Waals surface area contributed by atoms with Crippen molar-refractivity contribution in [2.45, 2.75) is 18.4 Å². The van der Waals surface area contributed by atoms with E-state index >= 15 is 0 Å². The van der Waals surface area contributed by atoms with Gasteiger partial charge in [0.2, 0.25) is 0 Å². The Kier molecular flexibility index (Phi) is 5.71. The molecule has 0 radical (unpaired) electrons. The van der Waals surface area contributed by atoms with Gasteiger partial charge in [-0.3, -0.25) is 14.5 Å². The highest BCUT2D eigenvalue weighted by atomic mass is 19.4. The standard InChI is InChI=1S/C24H17F4N3O2/c25-19-13-11-18(12-14-19)21(32)30-23(24(26,27)28)22(33)31(15-16-7-3-1-4-8-16)20(29-23)17-9-5-2-6-10-17/h1-14H,15H2,(H,30,32)/t23-/m1/s1. The van der Waals surface area contributed by atoms with Crippen LogP contribution in [-0.4, -0.2) is 34.4 Å². The van der Waals surface area contributed by atoms with Crippen molar-refractivity contribution in [1.29, 1.82) is 0 Å². The Morgan fingerprint density at radius 2 is 1.48 bits per heavy atom. The van der Waals surface area contributed by atoms with E-state index < -0.39 is 29.5 Å². The van der Waals surface area contributed by atoms with Gasteiger partial charge in [0, 0.05) is 11.1 Å². The lowest BCUT2D eigenvalue weighted by molar-refractivity contribution is -0.196. The first-order chi connectivity index (χ1) is 15.7. The van der Waals surface area contributed by atoms with E-state index in [2.05, 4.69) is 4.99 Å². The molecule has 1 N–H and O–H groups in total. The lowest BCUT2D eigenvalue weighted by atomic mass is 10.1. The van der Waals surface area contributed by atoms with E-state index in [9.17, 15) is 27.2 Å². The van der Waals surface area contributed by atoms with Gasteiger partial charge in [0.05, 0.1) is 6.54 Å². The van der Waals surface area contributed by atoms with Crippen LogP contribution in [0.2, 0.25) is 0 Å². The number of halogens is 4. The minimum Gasteiger partial charge on any atom is -0.312 e. The van der Waals surface area contributed by atoms with Gasteiger partial charge in [0.15, 0.2) is 0 Å².